The van der Waals surface area contributed by atoms with Crippen LogP contribution in [0, 0.1) is 22.0 Å². The van der Waals surface area contributed by atoms with Gasteiger partial charge in [-0.25, -0.2) is 0 Å². The lowest BCUT2D eigenvalue weighted by atomic mass is 9.66. The van der Waals surface area contributed by atoms with Crippen molar-refractivity contribution in [3.63, 3.8) is 0 Å². The van der Waals surface area contributed by atoms with Crippen LogP contribution >= 0.6 is 0 Å². The van der Waals surface area contributed by atoms with E-state index in [9.17, 15) is 10.1 Å². The number of nitrogens with zero attached hydrogens (tertiary/aromatic N) is 1. The van der Waals surface area contributed by atoms with Crippen molar-refractivity contribution in [2.75, 3.05) is 7.05 Å². The van der Waals surface area contributed by atoms with Crippen molar-refractivity contribution in [2.24, 2.45) is 17.0 Å². The highest BCUT2D eigenvalue weighted by Gasteiger charge is 2.39. The number of hydrogen-bond acceptors (Lipinski definition) is 3. The standard InChI is InChI=1S/C19H28N2O2/c1-21(23)19-12-9-16(14-7-10-17(20-22)11-8-14)13-18(19)15-5-3-2-4-6-15/h7-8,10-11,15-16,18-19,21H,2-6,9,12-13H2,1H3. The van der Waals surface area contributed by atoms with Gasteiger partial charge in [0.1, 0.15) is 5.69 Å². The van der Waals surface area contributed by atoms with E-state index in [0.717, 1.165) is 25.2 Å². The number of rotatable bonds is 4. The maximum absolute atomic E-state index is 12.1. The van der Waals surface area contributed by atoms with Gasteiger partial charge in [-0.15, -0.1) is 4.91 Å². The average molecular weight is 316 g/mol. The van der Waals surface area contributed by atoms with E-state index in [2.05, 4.69) is 5.18 Å². The van der Waals surface area contributed by atoms with Crippen molar-refractivity contribution < 1.29 is 5.06 Å². The lowest BCUT2D eigenvalue weighted by Crippen LogP contribution is -3.09. The Bertz CT molecular complexity index is 509. The van der Waals surface area contributed by atoms with Crippen molar-refractivity contribution in [2.45, 2.75) is 63.3 Å². The molecule has 0 spiro atoms. The van der Waals surface area contributed by atoms with Gasteiger partial charge in [-0.1, -0.05) is 31.4 Å². The zero-order chi connectivity index (χ0) is 16.2. The zero-order valence-corrected chi connectivity index (χ0v) is 14.0. The number of hydroxylamine groups is 2. The second-order valence-corrected chi connectivity index (χ2v) is 7.47. The summed E-state index contributed by atoms with van der Waals surface area (Å²) < 4.78 is 0. The third kappa shape index (κ3) is 3.81. The van der Waals surface area contributed by atoms with Crippen LogP contribution in [0.15, 0.2) is 29.4 Å². The Morgan fingerprint density at radius 2 is 1.74 bits per heavy atom. The molecule has 0 aromatic heterocycles. The molecule has 1 aromatic rings. The van der Waals surface area contributed by atoms with Gasteiger partial charge in [0.15, 0.2) is 0 Å². The number of benzene rings is 1. The molecule has 0 bridgehead atoms. The van der Waals surface area contributed by atoms with E-state index in [0.29, 0.717) is 22.6 Å². The van der Waals surface area contributed by atoms with E-state index in [-0.39, 0.29) is 6.04 Å². The molecule has 3 rings (SSSR count). The van der Waals surface area contributed by atoms with Gasteiger partial charge in [0.25, 0.3) is 0 Å². The SMILES string of the molecule is C[NH+]([O-])C1CCC(c2ccc(N=O)cc2)CC1C1CCCCC1. The average Bonchev–Trinajstić information content (AvgIpc) is 2.62. The van der Waals surface area contributed by atoms with Gasteiger partial charge in [0.2, 0.25) is 0 Å². The van der Waals surface area contributed by atoms with Gasteiger partial charge < -0.3 is 10.3 Å². The summed E-state index contributed by atoms with van der Waals surface area (Å²) in [7, 11) is 1.78. The molecule has 2 fully saturated rings. The van der Waals surface area contributed by atoms with Gasteiger partial charge in [-0.05, 0) is 60.4 Å². The van der Waals surface area contributed by atoms with E-state index in [4.69, 9.17) is 0 Å². The summed E-state index contributed by atoms with van der Waals surface area (Å²) in [6.07, 6.45) is 9.85. The Morgan fingerprint density at radius 1 is 1.04 bits per heavy atom. The molecule has 4 nitrogen and oxygen atoms in total. The molecule has 4 unspecified atom stereocenters. The van der Waals surface area contributed by atoms with Crippen molar-refractivity contribution in [1.82, 2.24) is 0 Å². The summed E-state index contributed by atoms with van der Waals surface area (Å²) in [6, 6.07) is 8.00. The Balaban J connectivity index is 1.75. The molecule has 1 N–H and O–H groups in total. The molecule has 2 aliphatic carbocycles. The molecule has 126 valence electrons. The van der Waals surface area contributed by atoms with Crippen LogP contribution in [-0.4, -0.2) is 13.1 Å². The van der Waals surface area contributed by atoms with E-state index < -0.39 is 0 Å². The minimum Gasteiger partial charge on any atom is -0.634 e. The fourth-order valence-electron chi connectivity index (χ4n) is 4.90. The molecule has 2 aliphatic rings. The highest BCUT2D eigenvalue weighted by Crippen LogP contribution is 2.43. The smallest absolute Gasteiger partial charge is 0.108 e. The normalized spacial score (nSPS) is 30.8. The largest absolute Gasteiger partial charge is 0.634 e. The summed E-state index contributed by atoms with van der Waals surface area (Å²) in [5, 5.41) is 15.5. The molecule has 1 aromatic carbocycles. The first-order chi connectivity index (χ1) is 11.2. The fourth-order valence-corrected chi connectivity index (χ4v) is 4.90. The van der Waals surface area contributed by atoms with Gasteiger partial charge in [-0.2, -0.15) is 0 Å². The van der Waals surface area contributed by atoms with Crippen LogP contribution in [0.1, 0.15) is 62.8 Å². The molecule has 23 heavy (non-hydrogen) atoms. The van der Waals surface area contributed by atoms with E-state index in [1.807, 2.05) is 24.3 Å². The Hall–Kier alpha value is -1.26. The monoisotopic (exact) mass is 316 g/mol. The molecule has 0 aliphatic heterocycles. The first kappa shape index (κ1) is 16.6. The van der Waals surface area contributed by atoms with E-state index in [1.54, 1.807) is 7.05 Å². The first-order valence-corrected chi connectivity index (χ1v) is 9.13. The molecule has 0 heterocycles. The van der Waals surface area contributed by atoms with Crippen molar-refractivity contribution in [3.8, 4) is 0 Å². The molecule has 0 amide bonds. The Kier molecular flexibility index (Phi) is 5.44. The maximum atomic E-state index is 12.1. The molecule has 0 radical (unpaired) electrons. The minimum absolute atomic E-state index is 0.269. The number of hydrogen-bond donors (Lipinski definition) is 1. The Morgan fingerprint density at radius 3 is 2.35 bits per heavy atom. The van der Waals surface area contributed by atoms with Crippen molar-refractivity contribution >= 4 is 5.69 Å². The molecule has 2 saturated carbocycles. The van der Waals surface area contributed by atoms with Crippen LogP contribution < -0.4 is 5.06 Å². The predicted molar refractivity (Wildman–Crippen MR) is 92.6 cm³/mol. The van der Waals surface area contributed by atoms with Crippen LogP contribution in [-0.2, 0) is 0 Å². The lowest BCUT2D eigenvalue weighted by Gasteiger charge is -2.44. The lowest BCUT2D eigenvalue weighted by molar-refractivity contribution is -0.861. The van der Waals surface area contributed by atoms with Crippen molar-refractivity contribution in [1.29, 1.82) is 0 Å². The van der Waals surface area contributed by atoms with Gasteiger partial charge in [0, 0.05) is 12.3 Å². The zero-order valence-electron chi connectivity index (χ0n) is 14.0. The second-order valence-electron chi connectivity index (χ2n) is 7.47. The van der Waals surface area contributed by atoms with E-state index >= 15 is 0 Å². The number of nitroso groups, excluding NO2 is 1. The number of quaternary nitrogens is 1. The van der Waals surface area contributed by atoms with Crippen LogP contribution in [0.5, 0.6) is 0 Å². The minimum atomic E-state index is 0.269. The van der Waals surface area contributed by atoms with Gasteiger partial charge in [-0.3, -0.25) is 0 Å². The van der Waals surface area contributed by atoms with Crippen LogP contribution in [0.2, 0.25) is 0 Å². The van der Waals surface area contributed by atoms with Crippen LogP contribution in [0.25, 0.3) is 0 Å². The summed E-state index contributed by atoms with van der Waals surface area (Å²) in [5.74, 6) is 1.81. The quantitative estimate of drug-likeness (QED) is 0.676. The number of nitrogens with one attached hydrogen (secondary N) is 1. The van der Waals surface area contributed by atoms with Crippen LogP contribution in [0.3, 0.4) is 0 Å². The maximum Gasteiger partial charge on any atom is 0.108 e. The highest BCUT2D eigenvalue weighted by molar-refractivity contribution is 5.39. The predicted octanol–water partition coefficient (Wildman–Crippen LogP) is 3.93. The summed E-state index contributed by atoms with van der Waals surface area (Å²) >= 11 is 0. The molecular formula is C19H28N2O2. The van der Waals surface area contributed by atoms with Crippen LogP contribution in [0.4, 0.5) is 5.69 Å². The first-order valence-electron chi connectivity index (χ1n) is 9.13. The highest BCUT2D eigenvalue weighted by atomic mass is 16.5. The summed E-state index contributed by atoms with van der Waals surface area (Å²) in [5.41, 5.74) is 1.80. The summed E-state index contributed by atoms with van der Waals surface area (Å²) in [4.78, 5) is 10.6. The topological polar surface area (TPSA) is 56.9 Å². The fraction of sp³-hybridized carbons (Fsp3) is 0.684. The summed E-state index contributed by atoms with van der Waals surface area (Å²) in [6.45, 7) is 0. The molecule has 4 heteroatoms. The third-order valence-corrected chi connectivity index (χ3v) is 6.15. The van der Waals surface area contributed by atoms with Crippen molar-refractivity contribution in [3.05, 3.63) is 39.9 Å². The molecule has 4 atom stereocenters. The molecule has 0 saturated heterocycles. The second kappa shape index (κ2) is 7.54. The Labute approximate surface area is 138 Å². The van der Waals surface area contributed by atoms with Gasteiger partial charge in [0.05, 0.1) is 13.1 Å². The van der Waals surface area contributed by atoms with E-state index in [1.165, 1.54) is 37.7 Å². The third-order valence-electron chi connectivity index (χ3n) is 6.15. The molecular weight excluding hydrogens is 288 g/mol. The van der Waals surface area contributed by atoms with Gasteiger partial charge >= 0.3 is 0 Å².